The van der Waals surface area contributed by atoms with Crippen LogP contribution < -0.4 is 10.9 Å². The van der Waals surface area contributed by atoms with E-state index in [1.165, 1.54) is 35.2 Å². The molecule has 1 aromatic carbocycles. The maximum atomic E-state index is 13.6. The maximum absolute atomic E-state index is 13.6. The van der Waals surface area contributed by atoms with Crippen molar-refractivity contribution in [2.24, 2.45) is 0 Å². The molecule has 0 saturated heterocycles. The zero-order chi connectivity index (χ0) is 18.8. The first-order valence-corrected chi connectivity index (χ1v) is 9.90. The van der Waals surface area contributed by atoms with Crippen LogP contribution in [0.2, 0.25) is 0 Å². The Morgan fingerprint density at radius 2 is 2.08 bits per heavy atom. The van der Waals surface area contributed by atoms with Gasteiger partial charge in [0.1, 0.15) is 10.6 Å². The molecule has 3 rings (SSSR count). The maximum Gasteiger partial charge on any atom is 0.263 e. The summed E-state index contributed by atoms with van der Waals surface area (Å²) in [5.74, 6) is -0.800. The van der Waals surface area contributed by atoms with Gasteiger partial charge in [0, 0.05) is 11.4 Å². The molecule has 0 spiro atoms. The molecule has 8 heteroatoms. The summed E-state index contributed by atoms with van der Waals surface area (Å²) in [6.45, 7) is 6.22. The number of amides is 1. The Kier molecular flexibility index (Phi) is 5.43. The molecular weight excluding hydrogens is 373 g/mol. The lowest BCUT2D eigenvalue weighted by molar-refractivity contribution is -0.113. The molecule has 0 unspecified atom stereocenters. The fraction of sp³-hybridized carbons (Fsp3) is 0.278. The summed E-state index contributed by atoms with van der Waals surface area (Å²) < 4.78 is 15.2. The van der Waals surface area contributed by atoms with Crippen LogP contribution in [0.1, 0.15) is 17.4 Å². The molecule has 0 aliphatic heterocycles. The smallest absolute Gasteiger partial charge is 0.263 e. The summed E-state index contributed by atoms with van der Waals surface area (Å²) in [7, 11) is 0. The van der Waals surface area contributed by atoms with Crippen LogP contribution in [-0.4, -0.2) is 21.2 Å². The molecule has 3 aromatic rings. The molecule has 5 nitrogen and oxygen atoms in total. The van der Waals surface area contributed by atoms with Crippen LogP contribution >= 0.6 is 23.1 Å². The van der Waals surface area contributed by atoms with Gasteiger partial charge in [-0.05, 0) is 38.5 Å². The number of carbonyl (C=O) groups is 1. The third-order valence-corrected chi connectivity index (χ3v) is 6.13. The number of rotatable bonds is 5. The summed E-state index contributed by atoms with van der Waals surface area (Å²) in [5.41, 5.74) is 1.01. The van der Waals surface area contributed by atoms with Crippen molar-refractivity contribution < 1.29 is 9.18 Å². The van der Waals surface area contributed by atoms with Crippen LogP contribution in [0.15, 0.2) is 34.2 Å². The molecule has 0 bridgehead atoms. The second-order valence-corrected chi connectivity index (χ2v) is 7.87. The number of thiophene rings is 1. The SMILES string of the molecule is CCn1c(SCC(=O)Nc2ccccc2F)nc2sc(C)c(C)c2c1=O. The molecule has 0 aliphatic carbocycles. The van der Waals surface area contributed by atoms with Crippen molar-refractivity contribution in [2.45, 2.75) is 32.5 Å². The van der Waals surface area contributed by atoms with Gasteiger partial charge in [0.05, 0.1) is 16.8 Å². The van der Waals surface area contributed by atoms with Crippen LogP contribution in [0.5, 0.6) is 0 Å². The summed E-state index contributed by atoms with van der Waals surface area (Å²) in [5, 5.41) is 3.68. The third kappa shape index (κ3) is 3.52. The number of thioether (sulfide) groups is 1. The van der Waals surface area contributed by atoms with E-state index >= 15 is 0 Å². The zero-order valence-electron chi connectivity index (χ0n) is 14.6. The van der Waals surface area contributed by atoms with Gasteiger partial charge in [0.15, 0.2) is 5.16 Å². The van der Waals surface area contributed by atoms with Crippen LogP contribution in [0.4, 0.5) is 10.1 Å². The Balaban J connectivity index is 1.83. The van der Waals surface area contributed by atoms with E-state index in [4.69, 9.17) is 0 Å². The van der Waals surface area contributed by atoms with Gasteiger partial charge in [-0.3, -0.25) is 14.2 Å². The molecule has 1 N–H and O–H groups in total. The molecule has 0 aliphatic rings. The van der Waals surface area contributed by atoms with Crippen molar-refractivity contribution in [3.05, 3.63) is 50.9 Å². The zero-order valence-corrected chi connectivity index (χ0v) is 16.3. The Bertz CT molecular complexity index is 1040. The van der Waals surface area contributed by atoms with E-state index in [0.717, 1.165) is 10.4 Å². The minimum absolute atomic E-state index is 0.0373. The number of anilines is 1. The predicted molar refractivity (Wildman–Crippen MR) is 105 cm³/mol. The lowest BCUT2D eigenvalue weighted by atomic mass is 10.2. The number of hydrogen-bond acceptors (Lipinski definition) is 5. The average molecular weight is 391 g/mol. The molecule has 0 atom stereocenters. The molecule has 0 saturated carbocycles. The Hall–Kier alpha value is -2.19. The minimum Gasteiger partial charge on any atom is -0.323 e. The van der Waals surface area contributed by atoms with Crippen molar-refractivity contribution >= 4 is 44.9 Å². The molecule has 1 amide bonds. The number of para-hydroxylation sites is 1. The van der Waals surface area contributed by atoms with Gasteiger partial charge in [0.2, 0.25) is 5.91 Å². The number of hydrogen-bond donors (Lipinski definition) is 1. The highest BCUT2D eigenvalue weighted by molar-refractivity contribution is 7.99. The number of aromatic nitrogens is 2. The second kappa shape index (κ2) is 7.59. The van der Waals surface area contributed by atoms with Gasteiger partial charge in [-0.1, -0.05) is 23.9 Å². The van der Waals surface area contributed by atoms with E-state index < -0.39 is 5.82 Å². The number of halogens is 1. The lowest BCUT2D eigenvalue weighted by Gasteiger charge is -2.10. The molecule has 2 aromatic heterocycles. The van der Waals surface area contributed by atoms with Gasteiger partial charge in [-0.15, -0.1) is 11.3 Å². The minimum atomic E-state index is -0.486. The van der Waals surface area contributed by atoms with Gasteiger partial charge in [-0.2, -0.15) is 0 Å². The number of fused-ring (bicyclic) bond motifs is 1. The topological polar surface area (TPSA) is 64.0 Å². The third-order valence-electron chi connectivity index (χ3n) is 4.05. The van der Waals surface area contributed by atoms with E-state index in [0.29, 0.717) is 21.9 Å². The molecule has 0 fully saturated rings. The van der Waals surface area contributed by atoms with Gasteiger partial charge in [-0.25, -0.2) is 9.37 Å². The largest absolute Gasteiger partial charge is 0.323 e. The van der Waals surface area contributed by atoms with Crippen LogP contribution in [0.25, 0.3) is 10.2 Å². The number of nitrogens with one attached hydrogen (secondary N) is 1. The lowest BCUT2D eigenvalue weighted by Crippen LogP contribution is -2.23. The van der Waals surface area contributed by atoms with Gasteiger partial charge in [0.25, 0.3) is 5.56 Å². The fourth-order valence-corrected chi connectivity index (χ4v) is 4.51. The first kappa shape index (κ1) is 18.6. The normalized spacial score (nSPS) is 11.1. The van der Waals surface area contributed by atoms with Crippen molar-refractivity contribution in [1.82, 2.24) is 9.55 Å². The summed E-state index contributed by atoms with van der Waals surface area (Å²) >= 11 is 2.65. The van der Waals surface area contributed by atoms with Crippen molar-refractivity contribution in [1.29, 1.82) is 0 Å². The molecule has 26 heavy (non-hydrogen) atoms. The van der Waals surface area contributed by atoms with Crippen molar-refractivity contribution in [2.75, 3.05) is 11.1 Å². The van der Waals surface area contributed by atoms with Gasteiger partial charge < -0.3 is 5.32 Å². The summed E-state index contributed by atoms with van der Waals surface area (Å²) in [4.78, 5) is 31.2. The number of benzene rings is 1. The molecular formula is C18H18FN3O2S2. The van der Waals surface area contributed by atoms with E-state index in [1.807, 2.05) is 20.8 Å². The van der Waals surface area contributed by atoms with E-state index in [2.05, 4.69) is 10.3 Å². The highest BCUT2D eigenvalue weighted by atomic mass is 32.2. The van der Waals surface area contributed by atoms with Crippen molar-refractivity contribution in [3.63, 3.8) is 0 Å². The fourth-order valence-electron chi connectivity index (χ4n) is 2.58. The second-order valence-electron chi connectivity index (χ2n) is 5.72. The molecule has 0 radical (unpaired) electrons. The molecule has 2 heterocycles. The number of nitrogens with zero attached hydrogens (tertiary/aromatic N) is 2. The quantitative estimate of drug-likeness (QED) is 0.528. The van der Waals surface area contributed by atoms with Crippen molar-refractivity contribution in [3.8, 4) is 0 Å². The van der Waals surface area contributed by atoms with E-state index in [-0.39, 0.29) is 22.9 Å². The van der Waals surface area contributed by atoms with Crippen LogP contribution in [0, 0.1) is 19.7 Å². The summed E-state index contributed by atoms with van der Waals surface area (Å²) in [6, 6.07) is 6.00. The Morgan fingerprint density at radius 3 is 2.77 bits per heavy atom. The number of aryl methyl sites for hydroxylation is 2. The molecule has 136 valence electrons. The summed E-state index contributed by atoms with van der Waals surface area (Å²) in [6.07, 6.45) is 0. The van der Waals surface area contributed by atoms with Gasteiger partial charge >= 0.3 is 0 Å². The first-order valence-electron chi connectivity index (χ1n) is 8.10. The average Bonchev–Trinajstić information content (AvgIpc) is 2.89. The van der Waals surface area contributed by atoms with E-state index in [1.54, 1.807) is 16.7 Å². The number of carbonyl (C=O) groups excluding carboxylic acids is 1. The van der Waals surface area contributed by atoms with E-state index in [9.17, 15) is 14.0 Å². The standard InChI is InChI=1S/C18H18FN3O2S2/c1-4-22-17(24)15-10(2)11(3)26-16(15)21-18(22)25-9-14(23)20-13-8-6-5-7-12(13)19/h5-8H,4,9H2,1-3H3,(H,20,23). The highest BCUT2D eigenvalue weighted by Gasteiger charge is 2.17. The Morgan fingerprint density at radius 1 is 1.35 bits per heavy atom. The monoisotopic (exact) mass is 391 g/mol. The predicted octanol–water partition coefficient (Wildman–Crippen LogP) is 3.96. The van der Waals surface area contributed by atoms with Crippen LogP contribution in [0.3, 0.4) is 0 Å². The highest BCUT2D eigenvalue weighted by Crippen LogP contribution is 2.28. The Labute approximate surface area is 158 Å². The van der Waals surface area contributed by atoms with Crippen LogP contribution in [-0.2, 0) is 11.3 Å². The first-order chi connectivity index (χ1) is 12.4.